The van der Waals surface area contributed by atoms with Gasteiger partial charge in [0.05, 0.1) is 20.1 Å². The summed E-state index contributed by atoms with van der Waals surface area (Å²) in [7, 11) is 1.65. The number of benzene rings is 2. The summed E-state index contributed by atoms with van der Waals surface area (Å²) < 4.78 is 38.8. The first-order chi connectivity index (χ1) is 12.7. The van der Waals surface area contributed by atoms with Crippen molar-refractivity contribution in [1.29, 1.82) is 0 Å². The quantitative estimate of drug-likeness (QED) is 0.646. The highest BCUT2D eigenvalue weighted by Crippen LogP contribution is 2.26. The number of nitrogens with zero attached hydrogens (tertiary/aromatic N) is 2. The normalized spacial score (nSPS) is 13.1. The van der Waals surface area contributed by atoms with Crippen molar-refractivity contribution in [2.24, 2.45) is 0 Å². The van der Waals surface area contributed by atoms with Gasteiger partial charge in [0.2, 0.25) is 0 Å². The van der Waals surface area contributed by atoms with E-state index in [2.05, 4.69) is 20.1 Å². The standard InChI is InChI=1S/C20H19F2N2O2/c1-25-16-8-4-14(5-9-16)18-13-24(19-3-2-12-23(18)19)15-6-10-17(11-7-15)26-20(21)22/h4-11,13,20H,2-3,12H2,1H3/q+1. The maximum absolute atomic E-state index is 12.3. The third-order valence-corrected chi connectivity index (χ3v) is 4.64. The molecule has 0 radical (unpaired) electrons. The Kier molecular flexibility index (Phi) is 4.32. The number of rotatable bonds is 5. The van der Waals surface area contributed by atoms with Crippen molar-refractivity contribution in [3.63, 3.8) is 0 Å². The van der Waals surface area contributed by atoms with Crippen LogP contribution in [-0.2, 0) is 13.0 Å². The van der Waals surface area contributed by atoms with Crippen molar-refractivity contribution in [3.05, 3.63) is 60.6 Å². The van der Waals surface area contributed by atoms with E-state index in [0.717, 1.165) is 42.1 Å². The highest BCUT2D eigenvalue weighted by atomic mass is 19.3. The monoisotopic (exact) mass is 357 g/mol. The summed E-state index contributed by atoms with van der Waals surface area (Å²) in [6.45, 7) is -1.84. The molecule has 0 spiro atoms. The van der Waals surface area contributed by atoms with Crippen LogP contribution >= 0.6 is 0 Å². The van der Waals surface area contributed by atoms with Crippen molar-refractivity contribution in [1.82, 2.24) is 4.57 Å². The zero-order chi connectivity index (χ0) is 18.1. The number of fused-ring (bicyclic) bond motifs is 1. The molecule has 1 aliphatic rings. The van der Waals surface area contributed by atoms with Gasteiger partial charge < -0.3 is 9.47 Å². The molecule has 0 amide bonds. The smallest absolute Gasteiger partial charge is 0.387 e. The van der Waals surface area contributed by atoms with Gasteiger partial charge >= 0.3 is 6.61 Å². The summed E-state index contributed by atoms with van der Waals surface area (Å²) >= 11 is 0. The van der Waals surface area contributed by atoms with Crippen molar-refractivity contribution in [3.8, 4) is 28.4 Å². The molecule has 2 heterocycles. The first-order valence-corrected chi connectivity index (χ1v) is 8.49. The second kappa shape index (κ2) is 6.78. The second-order valence-electron chi connectivity index (χ2n) is 6.16. The van der Waals surface area contributed by atoms with Crippen LogP contribution in [0.4, 0.5) is 8.78 Å². The predicted molar refractivity (Wildman–Crippen MR) is 92.9 cm³/mol. The molecule has 0 atom stereocenters. The lowest BCUT2D eigenvalue weighted by atomic mass is 10.1. The number of methoxy groups -OCH3 is 1. The summed E-state index contributed by atoms with van der Waals surface area (Å²) in [4.78, 5) is 0. The Morgan fingerprint density at radius 3 is 2.35 bits per heavy atom. The summed E-state index contributed by atoms with van der Waals surface area (Å²) in [5.41, 5.74) is 3.18. The predicted octanol–water partition coefficient (Wildman–Crippen LogP) is 3.99. The molecule has 0 saturated heterocycles. The van der Waals surface area contributed by atoms with E-state index in [-0.39, 0.29) is 5.75 Å². The second-order valence-corrected chi connectivity index (χ2v) is 6.16. The molecule has 0 aliphatic carbocycles. The average molecular weight is 357 g/mol. The molecule has 134 valence electrons. The zero-order valence-corrected chi connectivity index (χ0v) is 14.4. The minimum Gasteiger partial charge on any atom is -0.497 e. The minimum atomic E-state index is -2.81. The molecule has 0 fully saturated rings. The fraction of sp³-hybridized carbons (Fsp3) is 0.250. The minimum absolute atomic E-state index is 0.163. The van der Waals surface area contributed by atoms with Gasteiger partial charge in [0.1, 0.15) is 23.4 Å². The van der Waals surface area contributed by atoms with Crippen LogP contribution in [0.25, 0.3) is 16.9 Å². The molecule has 3 aromatic rings. The maximum atomic E-state index is 12.3. The molecule has 1 aliphatic heterocycles. The van der Waals surface area contributed by atoms with Gasteiger partial charge in [0.25, 0.3) is 5.82 Å². The molecule has 1 aromatic heterocycles. The summed E-state index contributed by atoms with van der Waals surface area (Å²) in [5, 5.41) is 0. The lowest BCUT2D eigenvalue weighted by molar-refractivity contribution is -0.679. The van der Waals surface area contributed by atoms with Gasteiger partial charge in [-0.1, -0.05) is 0 Å². The zero-order valence-electron chi connectivity index (χ0n) is 14.4. The number of alkyl halides is 2. The molecular formula is C20H19F2N2O2+. The third-order valence-electron chi connectivity index (χ3n) is 4.64. The van der Waals surface area contributed by atoms with Gasteiger partial charge in [-0.25, -0.2) is 4.57 Å². The maximum Gasteiger partial charge on any atom is 0.387 e. The molecule has 0 N–H and O–H groups in total. The fourth-order valence-electron chi connectivity index (χ4n) is 3.44. The molecule has 0 bridgehead atoms. The van der Waals surface area contributed by atoms with Crippen LogP contribution in [0.5, 0.6) is 11.5 Å². The fourth-order valence-corrected chi connectivity index (χ4v) is 3.44. The summed E-state index contributed by atoms with van der Waals surface area (Å²) in [6.07, 6.45) is 4.16. The molecule has 6 heteroatoms. The van der Waals surface area contributed by atoms with E-state index in [1.807, 2.05) is 24.3 Å². The third kappa shape index (κ3) is 3.03. The summed E-state index contributed by atoms with van der Waals surface area (Å²) in [5.74, 6) is 2.19. The van der Waals surface area contributed by atoms with E-state index in [4.69, 9.17) is 4.74 Å². The number of hydrogen-bond donors (Lipinski definition) is 0. The van der Waals surface area contributed by atoms with Crippen molar-refractivity contribution in [2.75, 3.05) is 7.11 Å². The van der Waals surface area contributed by atoms with Gasteiger partial charge in [-0.2, -0.15) is 13.3 Å². The van der Waals surface area contributed by atoms with Gasteiger partial charge in [0, 0.05) is 5.56 Å². The lowest BCUT2D eigenvalue weighted by Gasteiger charge is -2.04. The molecule has 4 rings (SSSR count). The van der Waals surface area contributed by atoms with Crippen molar-refractivity contribution < 1.29 is 22.8 Å². The van der Waals surface area contributed by atoms with E-state index in [1.165, 1.54) is 5.82 Å². The lowest BCUT2D eigenvalue weighted by Crippen LogP contribution is -2.33. The molecule has 26 heavy (non-hydrogen) atoms. The Labute approximate surface area is 150 Å². The Bertz CT molecular complexity index is 903. The molecule has 0 saturated carbocycles. The van der Waals surface area contributed by atoms with E-state index in [9.17, 15) is 8.78 Å². The number of ether oxygens (including phenoxy) is 2. The molecular weight excluding hydrogens is 338 g/mol. The topological polar surface area (TPSA) is 27.3 Å². The van der Waals surface area contributed by atoms with Crippen molar-refractivity contribution >= 4 is 0 Å². The average Bonchev–Trinajstić information content (AvgIpc) is 3.25. The highest BCUT2D eigenvalue weighted by Gasteiger charge is 2.29. The van der Waals surface area contributed by atoms with Gasteiger partial charge in [-0.05, 0) is 55.0 Å². The van der Waals surface area contributed by atoms with Crippen LogP contribution < -0.4 is 14.0 Å². The van der Waals surface area contributed by atoms with Crippen LogP contribution in [0.15, 0.2) is 54.7 Å². The van der Waals surface area contributed by atoms with Crippen LogP contribution in [0, 0.1) is 0 Å². The number of hydrogen-bond acceptors (Lipinski definition) is 2. The van der Waals surface area contributed by atoms with Gasteiger partial charge in [-0.3, -0.25) is 0 Å². The van der Waals surface area contributed by atoms with E-state index >= 15 is 0 Å². The Morgan fingerprint density at radius 1 is 1.00 bits per heavy atom. The van der Waals surface area contributed by atoms with Gasteiger partial charge in [-0.15, -0.1) is 0 Å². The van der Waals surface area contributed by atoms with Crippen LogP contribution in [-0.4, -0.2) is 18.3 Å². The summed E-state index contributed by atoms with van der Waals surface area (Å²) in [6, 6.07) is 14.7. The molecule has 4 nitrogen and oxygen atoms in total. The Balaban J connectivity index is 1.71. The Hall–Kier alpha value is -2.89. The highest BCUT2D eigenvalue weighted by molar-refractivity contribution is 5.58. The first-order valence-electron chi connectivity index (χ1n) is 8.49. The first kappa shape index (κ1) is 16.6. The van der Waals surface area contributed by atoms with E-state index < -0.39 is 6.61 Å². The van der Waals surface area contributed by atoms with Crippen LogP contribution in [0.3, 0.4) is 0 Å². The number of imidazole rings is 1. The SMILES string of the molecule is COc1ccc(-c2cn(-c3ccc(OC(F)F)cc3)c3[n+]2CCC3)cc1. The largest absolute Gasteiger partial charge is 0.497 e. The molecule has 2 aromatic carbocycles. The number of halogens is 2. The molecule has 0 unspecified atom stereocenters. The van der Waals surface area contributed by atoms with E-state index in [0.29, 0.717) is 0 Å². The van der Waals surface area contributed by atoms with Gasteiger partial charge in [0.15, 0.2) is 5.69 Å². The van der Waals surface area contributed by atoms with Crippen LogP contribution in [0.1, 0.15) is 12.2 Å². The van der Waals surface area contributed by atoms with E-state index in [1.54, 1.807) is 31.4 Å². The van der Waals surface area contributed by atoms with Crippen LogP contribution in [0.2, 0.25) is 0 Å². The number of aromatic nitrogens is 2. The Morgan fingerprint density at radius 2 is 1.69 bits per heavy atom. The van der Waals surface area contributed by atoms with Crippen molar-refractivity contribution in [2.45, 2.75) is 26.0 Å².